The van der Waals surface area contributed by atoms with Gasteiger partial charge in [0.1, 0.15) is 17.0 Å². The van der Waals surface area contributed by atoms with Crippen LogP contribution >= 0.6 is 0 Å². The summed E-state index contributed by atoms with van der Waals surface area (Å²) < 4.78 is 17.1. The first-order chi connectivity index (χ1) is 12.9. The van der Waals surface area contributed by atoms with Crippen molar-refractivity contribution in [1.82, 2.24) is 5.32 Å². The highest BCUT2D eigenvalue weighted by Crippen LogP contribution is 2.41. The zero-order valence-electron chi connectivity index (χ0n) is 15.7. The standard InChI is InChI=1S/C21H25NO5/c1-20(2)11-14-5-3-6-17(19(14)27-20)26-12-18(23)22-13-21(24)9-4-7-16-15(21)8-10-25-16/h3,5-6,8,10,24H,4,7,9,11-13H2,1-2H3,(H,22,23). The second-order valence-corrected chi connectivity index (χ2v) is 7.99. The van der Waals surface area contributed by atoms with Gasteiger partial charge in [0.25, 0.3) is 5.91 Å². The van der Waals surface area contributed by atoms with Gasteiger partial charge in [0.15, 0.2) is 18.1 Å². The van der Waals surface area contributed by atoms with Gasteiger partial charge < -0.3 is 24.3 Å². The van der Waals surface area contributed by atoms with Crippen molar-refractivity contribution in [2.75, 3.05) is 13.2 Å². The SMILES string of the molecule is CC1(C)Cc2cccc(OCC(=O)NCC3(O)CCCc4occc43)c2O1. The predicted octanol–water partition coefficient (Wildman–Crippen LogP) is 2.71. The maximum absolute atomic E-state index is 12.3. The number of aliphatic hydroxyl groups is 1. The molecule has 27 heavy (non-hydrogen) atoms. The Morgan fingerprint density at radius 2 is 2.19 bits per heavy atom. The molecule has 6 nitrogen and oxygen atoms in total. The normalized spacial score (nSPS) is 22.5. The number of rotatable bonds is 5. The van der Waals surface area contributed by atoms with E-state index in [1.54, 1.807) is 18.4 Å². The van der Waals surface area contributed by atoms with Crippen LogP contribution in [0.4, 0.5) is 0 Å². The first-order valence-electron chi connectivity index (χ1n) is 9.36. The van der Waals surface area contributed by atoms with E-state index in [-0.39, 0.29) is 24.7 Å². The average molecular weight is 371 g/mol. The fourth-order valence-corrected chi connectivity index (χ4v) is 3.95. The molecular formula is C21H25NO5. The van der Waals surface area contributed by atoms with Crippen LogP contribution in [0.25, 0.3) is 0 Å². The van der Waals surface area contributed by atoms with Gasteiger partial charge in [0, 0.05) is 24.0 Å². The summed E-state index contributed by atoms with van der Waals surface area (Å²) in [6.07, 6.45) is 4.63. The Morgan fingerprint density at radius 3 is 3.04 bits per heavy atom. The highest BCUT2D eigenvalue weighted by molar-refractivity contribution is 5.77. The van der Waals surface area contributed by atoms with E-state index in [0.717, 1.165) is 36.1 Å². The lowest BCUT2D eigenvalue weighted by atomic mass is 9.83. The van der Waals surface area contributed by atoms with Gasteiger partial charge in [-0.25, -0.2) is 0 Å². The quantitative estimate of drug-likeness (QED) is 0.845. The van der Waals surface area contributed by atoms with Gasteiger partial charge in [0.2, 0.25) is 0 Å². The summed E-state index contributed by atoms with van der Waals surface area (Å²) >= 11 is 0. The Kier molecular flexibility index (Phi) is 4.38. The molecule has 1 atom stereocenters. The third-order valence-corrected chi connectivity index (χ3v) is 5.23. The Bertz CT molecular complexity index is 856. The summed E-state index contributed by atoms with van der Waals surface area (Å²) in [5.41, 5.74) is 0.502. The van der Waals surface area contributed by atoms with Gasteiger partial charge in [-0.2, -0.15) is 0 Å². The number of hydrogen-bond donors (Lipinski definition) is 2. The van der Waals surface area contributed by atoms with Crippen molar-refractivity contribution in [1.29, 1.82) is 0 Å². The molecule has 0 saturated heterocycles. The molecule has 0 fully saturated rings. The van der Waals surface area contributed by atoms with Gasteiger partial charge in [-0.3, -0.25) is 4.79 Å². The maximum atomic E-state index is 12.3. The first kappa shape index (κ1) is 17.9. The highest BCUT2D eigenvalue weighted by Gasteiger charge is 2.36. The lowest BCUT2D eigenvalue weighted by molar-refractivity contribution is -0.124. The Labute approximate surface area is 158 Å². The molecule has 1 amide bonds. The molecule has 4 rings (SSSR count). The van der Waals surface area contributed by atoms with E-state index in [2.05, 4.69) is 5.32 Å². The largest absolute Gasteiger partial charge is 0.483 e. The lowest BCUT2D eigenvalue weighted by Gasteiger charge is -2.31. The van der Waals surface area contributed by atoms with Crippen molar-refractivity contribution in [2.45, 2.75) is 50.7 Å². The van der Waals surface area contributed by atoms with E-state index < -0.39 is 5.60 Å². The van der Waals surface area contributed by atoms with Crippen LogP contribution in [0.2, 0.25) is 0 Å². The van der Waals surface area contributed by atoms with Crippen molar-refractivity contribution in [3.05, 3.63) is 47.4 Å². The molecule has 0 saturated carbocycles. The number of benzene rings is 1. The van der Waals surface area contributed by atoms with Crippen LogP contribution in [-0.2, 0) is 23.2 Å². The molecule has 0 radical (unpaired) electrons. The number of para-hydroxylation sites is 1. The first-order valence-corrected chi connectivity index (χ1v) is 9.36. The van der Waals surface area contributed by atoms with Gasteiger partial charge in [-0.15, -0.1) is 0 Å². The molecule has 0 bridgehead atoms. The van der Waals surface area contributed by atoms with Crippen molar-refractivity contribution < 1.29 is 23.8 Å². The number of fused-ring (bicyclic) bond motifs is 2. The van der Waals surface area contributed by atoms with Crippen LogP contribution in [-0.4, -0.2) is 29.8 Å². The monoisotopic (exact) mass is 371 g/mol. The molecule has 144 valence electrons. The zero-order chi connectivity index (χ0) is 19.1. The van der Waals surface area contributed by atoms with Crippen molar-refractivity contribution in [2.24, 2.45) is 0 Å². The van der Waals surface area contributed by atoms with Gasteiger partial charge in [-0.05, 0) is 38.8 Å². The number of nitrogens with one attached hydrogen (secondary N) is 1. The summed E-state index contributed by atoms with van der Waals surface area (Å²) in [4.78, 5) is 12.3. The lowest BCUT2D eigenvalue weighted by Crippen LogP contribution is -2.43. The van der Waals surface area contributed by atoms with E-state index in [1.165, 1.54) is 0 Å². The third kappa shape index (κ3) is 3.54. The number of carbonyl (C=O) groups excluding carboxylic acids is 1. The molecule has 0 spiro atoms. The van der Waals surface area contributed by atoms with Crippen LogP contribution in [0.5, 0.6) is 11.5 Å². The Morgan fingerprint density at radius 1 is 1.33 bits per heavy atom. The molecule has 1 aromatic carbocycles. The third-order valence-electron chi connectivity index (χ3n) is 5.23. The van der Waals surface area contributed by atoms with E-state index in [4.69, 9.17) is 13.9 Å². The highest BCUT2D eigenvalue weighted by atomic mass is 16.5. The average Bonchev–Trinajstić information content (AvgIpc) is 3.22. The summed E-state index contributed by atoms with van der Waals surface area (Å²) in [6.45, 7) is 4.06. The minimum absolute atomic E-state index is 0.130. The van der Waals surface area contributed by atoms with Crippen molar-refractivity contribution in [3.8, 4) is 11.5 Å². The Hall–Kier alpha value is -2.47. The second-order valence-electron chi connectivity index (χ2n) is 7.99. The Balaban J connectivity index is 1.35. The number of amides is 1. The fourth-order valence-electron chi connectivity index (χ4n) is 3.95. The van der Waals surface area contributed by atoms with E-state index in [9.17, 15) is 9.90 Å². The molecule has 2 N–H and O–H groups in total. The summed E-state index contributed by atoms with van der Waals surface area (Å²) in [7, 11) is 0. The van der Waals surface area contributed by atoms with Gasteiger partial charge in [0.05, 0.1) is 12.8 Å². The van der Waals surface area contributed by atoms with Gasteiger partial charge >= 0.3 is 0 Å². The summed E-state index contributed by atoms with van der Waals surface area (Å²) in [5, 5.41) is 13.7. The smallest absolute Gasteiger partial charge is 0.258 e. The minimum atomic E-state index is -1.09. The molecule has 2 aliphatic rings. The molecule has 1 aliphatic heterocycles. The van der Waals surface area contributed by atoms with Crippen LogP contribution in [0, 0.1) is 0 Å². The van der Waals surface area contributed by atoms with Crippen molar-refractivity contribution >= 4 is 5.91 Å². The number of hydrogen-bond acceptors (Lipinski definition) is 5. The van der Waals surface area contributed by atoms with Crippen LogP contribution in [0.15, 0.2) is 34.9 Å². The van der Waals surface area contributed by atoms with E-state index in [1.807, 2.05) is 26.0 Å². The summed E-state index contributed by atoms with van der Waals surface area (Å²) in [6, 6.07) is 7.50. The topological polar surface area (TPSA) is 80.9 Å². The van der Waals surface area contributed by atoms with E-state index >= 15 is 0 Å². The van der Waals surface area contributed by atoms with Gasteiger partial charge in [-0.1, -0.05) is 12.1 Å². The minimum Gasteiger partial charge on any atom is -0.483 e. The number of aryl methyl sites for hydroxylation is 1. The summed E-state index contributed by atoms with van der Waals surface area (Å²) in [5.74, 6) is 1.80. The molecule has 1 unspecified atom stereocenters. The number of carbonyl (C=O) groups is 1. The van der Waals surface area contributed by atoms with Crippen molar-refractivity contribution in [3.63, 3.8) is 0 Å². The van der Waals surface area contributed by atoms with E-state index in [0.29, 0.717) is 17.9 Å². The van der Waals surface area contributed by atoms with Crippen LogP contribution in [0.1, 0.15) is 43.6 Å². The molecule has 1 aromatic heterocycles. The number of ether oxygens (including phenoxy) is 2. The maximum Gasteiger partial charge on any atom is 0.258 e. The molecule has 2 aromatic rings. The predicted molar refractivity (Wildman–Crippen MR) is 98.9 cm³/mol. The zero-order valence-corrected chi connectivity index (χ0v) is 15.7. The second kappa shape index (κ2) is 6.60. The fraction of sp³-hybridized carbons (Fsp3) is 0.476. The molecule has 1 aliphatic carbocycles. The molecule has 6 heteroatoms. The molecule has 2 heterocycles. The van der Waals surface area contributed by atoms with Crippen LogP contribution < -0.4 is 14.8 Å². The molecular weight excluding hydrogens is 346 g/mol. The van der Waals surface area contributed by atoms with Crippen LogP contribution in [0.3, 0.4) is 0 Å². The number of furan rings is 1.